The maximum absolute atomic E-state index is 12.2. The van der Waals surface area contributed by atoms with Crippen molar-refractivity contribution in [2.75, 3.05) is 5.32 Å². The van der Waals surface area contributed by atoms with Gasteiger partial charge in [-0.2, -0.15) is 5.26 Å². The fourth-order valence-corrected chi connectivity index (χ4v) is 2.74. The van der Waals surface area contributed by atoms with E-state index < -0.39 is 0 Å². The molecule has 1 amide bonds. The summed E-state index contributed by atoms with van der Waals surface area (Å²) in [6.45, 7) is 1.97. The molecule has 2 aromatic carbocycles. The zero-order valence-corrected chi connectivity index (χ0v) is 13.2. The van der Waals surface area contributed by atoms with E-state index in [0.29, 0.717) is 11.1 Å². The van der Waals surface area contributed by atoms with E-state index in [1.54, 1.807) is 35.6 Å². The number of carbonyl (C=O) groups is 1. The number of anilines is 1. The van der Waals surface area contributed by atoms with Crippen LogP contribution in [0.3, 0.4) is 0 Å². The third kappa shape index (κ3) is 3.44. The van der Waals surface area contributed by atoms with Crippen LogP contribution in [0.4, 0.5) is 5.69 Å². The van der Waals surface area contributed by atoms with Gasteiger partial charge in [0.25, 0.3) is 5.91 Å². The minimum atomic E-state index is -0.202. The van der Waals surface area contributed by atoms with Gasteiger partial charge in [-0.05, 0) is 43.3 Å². The maximum atomic E-state index is 12.2. The number of amides is 1. The molecule has 3 aromatic rings. The molecular formula is C18H13N3OS. The number of nitriles is 1. The van der Waals surface area contributed by atoms with E-state index in [-0.39, 0.29) is 5.91 Å². The maximum Gasteiger partial charge on any atom is 0.255 e. The number of carbonyl (C=O) groups excluding carboxylic acids is 1. The van der Waals surface area contributed by atoms with Gasteiger partial charge < -0.3 is 5.32 Å². The van der Waals surface area contributed by atoms with Crippen LogP contribution in [0.2, 0.25) is 0 Å². The number of rotatable bonds is 3. The number of thiazole rings is 1. The van der Waals surface area contributed by atoms with E-state index in [9.17, 15) is 4.79 Å². The lowest BCUT2D eigenvalue weighted by Gasteiger charge is -2.06. The quantitative estimate of drug-likeness (QED) is 0.785. The molecule has 112 valence electrons. The first kappa shape index (κ1) is 14.9. The second-order valence-electron chi connectivity index (χ2n) is 4.97. The molecule has 3 rings (SSSR count). The van der Waals surface area contributed by atoms with Crippen LogP contribution < -0.4 is 5.32 Å². The highest BCUT2D eigenvalue weighted by molar-refractivity contribution is 7.09. The van der Waals surface area contributed by atoms with E-state index in [4.69, 9.17) is 5.26 Å². The molecule has 0 unspecified atom stereocenters. The average molecular weight is 319 g/mol. The van der Waals surface area contributed by atoms with Crippen LogP contribution in [0.1, 0.15) is 20.9 Å². The van der Waals surface area contributed by atoms with Crippen molar-refractivity contribution in [3.8, 4) is 17.3 Å². The predicted molar refractivity (Wildman–Crippen MR) is 91.4 cm³/mol. The SMILES string of the molecule is Cc1nc(-c2ccc(NC(=O)c3ccc(C#N)cc3)cc2)cs1. The Morgan fingerprint density at radius 2 is 1.83 bits per heavy atom. The van der Waals surface area contributed by atoms with Crippen LogP contribution in [-0.2, 0) is 0 Å². The van der Waals surface area contributed by atoms with E-state index >= 15 is 0 Å². The van der Waals surface area contributed by atoms with Crippen LogP contribution in [0, 0.1) is 18.3 Å². The van der Waals surface area contributed by atoms with Crippen molar-refractivity contribution in [3.63, 3.8) is 0 Å². The Kier molecular flexibility index (Phi) is 4.18. The van der Waals surface area contributed by atoms with Gasteiger partial charge in [-0.15, -0.1) is 11.3 Å². The summed E-state index contributed by atoms with van der Waals surface area (Å²) in [6.07, 6.45) is 0. The molecule has 0 radical (unpaired) electrons. The molecule has 0 fully saturated rings. The van der Waals surface area contributed by atoms with Crippen molar-refractivity contribution in [1.29, 1.82) is 5.26 Å². The Morgan fingerprint density at radius 1 is 1.13 bits per heavy atom. The molecule has 0 bridgehead atoms. The Balaban J connectivity index is 1.72. The highest BCUT2D eigenvalue weighted by Gasteiger charge is 2.07. The van der Waals surface area contributed by atoms with Crippen molar-refractivity contribution < 1.29 is 4.79 Å². The van der Waals surface area contributed by atoms with Crippen molar-refractivity contribution >= 4 is 22.9 Å². The highest BCUT2D eigenvalue weighted by atomic mass is 32.1. The summed E-state index contributed by atoms with van der Waals surface area (Å²) < 4.78 is 0. The van der Waals surface area contributed by atoms with Gasteiger partial charge in [0, 0.05) is 22.2 Å². The lowest BCUT2D eigenvalue weighted by Crippen LogP contribution is -2.11. The molecule has 1 heterocycles. The van der Waals surface area contributed by atoms with Gasteiger partial charge in [-0.1, -0.05) is 12.1 Å². The fourth-order valence-electron chi connectivity index (χ4n) is 2.12. The Bertz CT molecular complexity index is 874. The number of hydrogen-bond donors (Lipinski definition) is 1. The lowest BCUT2D eigenvalue weighted by molar-refractivity contribution is 0.102. The molecule has 1 N–H and O–H groups in total. The van der Waals surface area contributed by atoms with Gasteiger partial charge in [0.2, 0.25) is 0 Å². The minimum Gasteiger partial charge on any atom is -0.322 e. The number of aryl methyl sites for hydroxylation is 1. The van der Waals surface area contributed by atoms with Crippen LogP contribution in [0.25, 0.3) is 11.3 Å². The van der Waals surface area contributed by atoms with Gasteiger partial charge in [0.05, 0.1) is 22.3 Å². The molecular weight excluding hydrogens is 306 g/mol. The number of nitrogens with one attached hydrogen (secondary N) is 1. The molecule has 0 atom stereocenters. The number of nitrogens with zero attached hydrogens (tertiary/aromatic N) is 2. The first-order valence-corrected chi connectivity index (χ1v) is 7.88. The van der Waals surface area contributed by atoms with E-state index in [1.165, 1.54) is 0 Å². The molecule has 0 saturated heterocycles. The van der Waals surface area contributed by atoms with Crippen LogP contribution in [0.15, 0.2) is 53.9 Å². The fraction of sp³-hybridized carbons (Fsp3) is 0.0556. The molecule has 0 aliphatic carbocycles. The molecule has 23 heavy (non-hydrogen) atoms. The predicted octanol–water partition coefficient (Wildman–Crippen LogP) is 4.24. The summed E-state index contributed by atoms with van der Waals surface area (Å²) in [5.74, 6) is -0.202. The van der Waals surface area contributed by atoms with Gasteiger partial charge in [0.1, 0.15) is 0 Å². The third-order valence-corrected chi connectivity index (χ3v) is 4.11. The van der Waals surface area contributed by atoms with Crippen molar-refractivity contribution in [3.05, 3.63) is 70.0 Å². The van der Waals surface area contributed by atoms with Crippen molar-refractivity contribution in [2.45, 2.75) is 6.92 Å². The minimum absolute atomic E-state index is 0.202. The van der Waals surface area contributed by atoms with E-state index in [2.05, 4.69) is 10.3 Å². The monoisotopic (exact) mass is 319 g/mol. The molecule has 0 aliphatic heterocycles. The van der Waals surface area contributed by atoms with Crippen LogP contribution >= 0.6 is 11.3 Å². The molecule has 5 heteroatoms. The molecule has 0 aliphatic rings. The summed E-state index contributed by atoms with van der Waals surface area (Å²) in [4.78, 5) is 16.6. The summed E-state index contributed by atoms with van der Waals surface area (Å²) in [6, 6.07) is 16.1. The number of hydrogen-bond acceptors (Lipinski definition) is 4. The first-order chi connectivity index (χ1) is 11.2. The third-order valence-electron chi connectivity index (χ3n) is 3.33. The van der Waals surface area contributed by atoms with E-state index in [1.807, 2.05) is 42.6 Å². The summed E-state index contributed by atoms with van der Waals surface area (Å²) in [5, 5.41) is 14.6. The molecule has 4 nitrogen and oxygen atoms in total. The van der Waals surface area contributed by atoms with Crippen molar-refractivity contribution in [1.82, 2.24) is 4.98 Å². The van der Waals surface area contributed by atoms with Gasteiger partial charge in [0.15, 0.2) is 0 Å². The summed E-state index contributed by atoms with van der Waals surface area (Å²) in [7, 11) is 0. The smallest absolute Gasteiger partial charge is 0.255 e. The normalized spacial score (nSPS) is 10.1. The molecule has 0 spiro atoms. The Labute approximate surface area is 138 Å². The van der Waals surface area contributed by atoms with Gasteiger partial charge in [-0.3, -0.25) is 4.79 Å². The Morgan fingerprint density at radius 3 is 2.39 bits per heavy atom. The molecule has 1 aromatic heterocycles. The first-order valence-electron chi connectivity index (χ1n) is 7.00. The average Bonchev–Trinajstić information content (AvgIpc) is 3.02. The second-order valence-corrected chi connectivity index (χ2v) is 6.03. The van der Waals surface area contributed by atoms with Gasteiger partial charge >= 0.3 is 0 Å². The van der Waals surface area contributed by atoms with E-state index in [0.717, 1.165) is 22.0 Å². The topological polar surface area (TPSA) is 65.8 Å². The van der Waals surface area contributed by atoms with Crippen LogP contribution in [-0.4, -0.2) is 10.9 Å². The second kappa shape index (κ2) is 6.42. The van der Waals surface area contributed by atoms with Crippen LogP contribution in [0.5, 0.6) is 0 Å². The molecule has 0 saturated carbocycles. The standard InChI is InChI=1S/C18H13N3OS/c1-12-20-17(11-23-12)14-6-8-16(9-7-14)21-18(22)15-4-2-13(10-19)3-5-15/h2-9,11H,1H3,(H,21,22). The number of aromatic nitrogens is 1. The Hall–Kier alpha value is -2.97. The van der Waals surface area contributed by atoms with Crippen molar-refractivity contribution in [2.24, 2.45) is 0 Å². The number of benzene rings is 2. The zero-order chi connectivity index (χ0) is 16.2. The summed E-state index contributed by atoms with van der Waals surface area (Å²) in [5.41, 5.74) is 3.73. The largest absolute Gasteiger partial charge is 0.322 e. The zero-order valence-electron chi connectivity index (χ0n) is 12.4. The van der Waals surface area contributed by atoms with Gasteiger partial charge in [-0.25, -0.2) is 4.98 Å². The summed E-state index contributed by atoms with van der Waals surface area (Å²) >= 11 is 1.61. The highest BCUT2D eigenvalue weighted by Crippen LogP contribution is 2.23. The lowest BCUT2D eigenvalue weighted by atomic mass is 10.1.